The number of ketones is 1. The Bertz CT molecular complexity index is 596. The second-order valence-electron chi connectivity index (χ2n) is 4.34. The zero-order valence-corrected chi connectivity index (χ0v) is 10.9. The Morgan fingerprint density at radius 1 is 1.26 bits per heavy atom. The molecule has 19 heavy (non-hydrogen) atoms. The predicted molar refractivity (Wildman–Crippen MR) is 73.7 cm³/mol. The molecule has 0 amide bonds. The van der Waals surface area contributed by atoms with Gasteiger partial charge in [-0.2, -0.15) is 0 Å². The van der Waals surface area contributed by atoms with Gasteiger partial charge in [-0.05, 0) is 37.2 Å². The number of aromatic nitrogens is 1. The van der Waals surface area contributed by atoms with Crippen molar-refractivity contribution in [2.75, 3.05) is 7.05 Å². The Kier molecular flexibility index (Phi) is 4.04. The molecule has 0 spiro atoms. The van der Waals surface area contributed by atoms with Crippen LogP contribution in [0.4, 0.5) is 0 Å². The summed E-state index contributed by atoms with van der Waals surface area (Å²) < 4.78 is 0. The van der Waals surface area contributed by atoms with Gasteiger partial charge in [0.1, 0.15) is 6.23 Å². The summed E-state index contributed by atoms with van der Waals surface area (Å²) in [5.74, 6) is -0.0132. The summed E-state index contributed by atoms with van der Waals surface area (Å²) in [6.45, 7) is 1.52. The lowest BCUT2D eigenvalue weighted by molar-refractivity contribution is 0.101. The molecule has 0 aliphatic carbocycles. The molecule has 1 heterocycles. The molecule has 2 rings (SSSR count). The molecule has 0 saturated heterocycles. The second-order valence-corrected chi connectivity index (χ2v) is 4.34. The van der Waals surface area contributed by atoms with E-state index in [4.69, 9.17) is 0 Å². The highest BCUT2D eigenvalue weighted by Gasteiger charge is 2.07. The first-order valence-corrected chi connectivity index (χ1v) is 6.03. The van der Waals surface area contributed by atoms with E-state index in [2.05, 4.69) is 10.3 Å². The smallest absolute Gasteiger partial charge is 0.161 e. The first kappa shape index (κ1) is 13.4. The van der Waals surface area contributed by atoms with Crippen molar-refractivity contribution < 1.29 is 9.90 Å². The van der Waals surface area contributed by atoms with Crippen LogP contribution >= 0.6 is 0 Å². The van der Waals surface area contributed by atoms with E-state index in [1.54, 1.807) is 25.5 Å². The molecular formula is C15H16N2O2. The number of benzene rings is 1. The Morgan fingerprint density at radius 2 is 2.05 bits per heavy atom. The minimum Gasteiger partial charge on any atom is -0.374 e. The highest BCUT2D eigenvalue weighted by Crippen LogP contribution is 2.22. The van der Waals surface area contributed by atoms with Crippen LogP contribution in [-0.2, 0) is 0 Å². The van der Waals surface area contributed by atoms with Crippen LogP contribution in [0.5, 0.6) is 0 Å². The Labute approximate surface area is 112 Å². The molecule has 0 radical (unpaired) electrons. The third kappa shape index (κ3) is 3.05. The first-order chi connectivity index (χ1) is 9.11. The molecular weight excluding hydrogens is 240 g/mol. The highest BCUT2D eigenvalue weighted by atomic mass is 16.3. The number of aliphatic hydroxyl groups excluding tert-OH is 1. The maximum Gasteiger partial charge on any atom is 0.161 e. The van der Waals surface area contributed by atoms with Crippen molar-refractivity contribution in [1.82, 2.24) is 10.3 Å². The lowest BCUT2D eigenvalue weighted by atomic mass is 10.0. The molecule has 4 heteroatoms. The molecule has 0 bridgehead atoms. The number of pyridine rings is 1. The van der Waals surface area contributed by atoms with Crippen molar-refractivity contribution in [1.29, 1.82) is 0 Å². The van der Waals surface area contributed by atoms with Gasteiger partial charge in [0, 0.05) is 23.5 Å². The fourth-order valence-electron chi connectivity index (χ4n) is 1.85. The number of Topliss-reactive ketones (excluding diaryl/α,β-unsaturated/α-hetero) is 1. The standard InChI is InChI=1S/C15H16N2O2/c1-10(18)13-7-14(9-17-8-13)11-4-3-5-12(6-11)15(19)16-2/h3-9,15-16,19H,1-2H3. The van der Waals surface area contributed by atoms with E-state index in [0.29, 0.717) is 5.56 Å². The summed E-state index contributed by atoms with van der Waals surface area (Å²) in [7, 11) is 1.69. The van der Waals surface area contributed by atoms with E-state index in [1.165, 1.54) is 6.92 Å². The molecule has 1 aromatic carbocycles. The van der Waals surface area contributed by atoms with Gasteiger partial charge in [-0.1, -0.05) is 18.2 Å². The van der Waals surface area contributed by atoms with Crippen LogP contribution in [0.3, 0.4) is 0 Å². The van der Waals surface area contributed by atoms with Crippen molar-refractivity contribution in [3.8, 4) is 11.1 Å². The Morgan fingerprint density at radius 3 is 2.74 bits per heavy atom. The monoisotopic (exact) mass is 256 g/mol. The summed E-state index contributed by atoms with van der Waals surface area (Å²) >= 11 is 0. The van der Waals surface area contributed by atoms with Crippen LogP contribution in [0.25, 0.3) is 11.1 Å². The topological polar surface area (TPSA) is 62.2 Å². The number of nitrogens with zero attached hydrogens (tertiary/aromatic N) is 1. The minimum absolute atomic E-state index is 0.0132. The average molecular weight is 256 g/mol. The van der Waals surface area contributed by atoms with E-state index < -0.39 is 6.23 Å². The Hall–Kier alpha value is -2.04. The molecule has 0 aliphatic rings. The molecule has 1 unspecified atom stereocenters. The van der Waals surface area contributed by atoms with Gasteiger partial charge >= 0.3 is 0 Å². The molecule has 0 aliphatic heterocycles. The van der Waals surface area contributed by atoms with Gasteiger partial charge in [0.15, 0.2) is 5.78 Å². The van der Waals surface area contributed by atoms with Crippen molar-refractivity contribution in [3.05, 3.63) is 53.9 Å². The summed E-state index contributed by atoms with van der Waals surface area (Å²) in [5, 5.41) is 12.5. The molecule has 98 valence electrons. The number of aliphatic hydroxyl groups is 1. The summed E-state index contributed by atoms with van der Waals surface area (Å²) in [4.78, 5) is 15.4. The molecule has 4 nitrogen and oxygen atoms in total. The fraction of sp³-hybridized carbons (Fsp3) is 0.200. The molecule has 2 N–H and O–H groups in total. The number of carbonyl (C=O) groups excluding carboxylic acids is 1. The van der Waals surface area contributed by atoms with E-state index in [0.717, 1.165) is 16.7 Å². The zero-order chi connectivity index (χ0) is 13.8. The average Bonchev–Trinajstić information content (AvgIpc) is 2.46. The lowest BCUT2D eigenvalue weighted by Gasteiger charge is -2.11. The third-order valence-electron chi connectivity index (χ3n) is 2.95. The lowest BCUT2D eigenvalue weighted by Crippen LogP contribution is -2.15. The largest absolute Gasteiger partial charge is 0.374 e. The van der Waals surface area contributed by atoms with Gasteiger partial charge in [0.2, 0.25) is 0 Å². The van der Waals surface area contributed by atoms with Crippen molar-refractivity contribution in [3.63, 3.8) is 0 Å². The van der Waals surface area contributed by atoms with E-state index in [1.807, 2.05) is 24.3 Å². The highest BCUT2D eigenvalue weighted by molar-refractivity contribution is 5.94. The van der Waals surface area contributed by atoms with Crippen LogP contribution in [0.2, 0.25) is 0 Å². The van der Waals surface area contributed by atoms with Crippen molar-refractivity contribution >= 4 is 5.78 Å². The van der Waals surface area contributed by atoms with Gasteiger partial charge in [-0.3, -0.25) is 15.1 Å². The van der Waals surface area contributed by atoms with Crippen LogP contribution in [-0.4, -0.2) is 22.9 Å². The van der Waals surface area contributed by atoms with E-state index >= 15 is 0 Å². The third-order valence-corrected chi connectivity index (χ3v) is 2.95. The maximum atomic E-state index is 11.4. The van der Waals surface area contributed by atoms with Gasteiger partial charge in [0.05, 0.1) is 0 Å². The van der Waals surface area contributed by atoms with Gasteiger partial charge in [0.25, 0.3) is 0 Å². The number of carbonyl (C=O) groups is 1. The van der Waals surface area contributed by atoms with Gasteiger partial charge < -0.3 is 5.11 Å². The summed E-state index contributed by atoms with van der Waals surface area (Å²) in [5.41, 5.74) is 3.13. The molecule has 1 aromatic heterocycles. The number of rotatable bonds is 4. The first-order valence-electron chi connectivity index (χ1n) is 6.03. The quantitative estimate of drug-likeness (QED) is 0.650. The van der Waals surface area contributed by atoms with Crippen LogP contribution in [0, 0.1) is 0 Å². The number of hydrogen-bond acceptors (Lipinski definition) is 4. The summed E-state index contributed by atoms with van der Waals surface area (Å²) in [6, 6.07) is 9.31. The van der Waals surface area contributed by atoms with Crippen LogP contribution in [0.1, 0.15) is 29.1 Å². The molecule has 0 fully saturated rings. The van der Waals surface area contributed by atoms with E-state index in [-0.39, 0.29) is 5.78 Å². The maximum absolute atomic E-state index is 11.4. The van der Waals surface area contributed by atoms with Crippen molar-refractivity contribution in [2.24, 2.45) is 0 Å². The van der Waals surface area contributed by atoms with Crippen LogP contribution in [0.15, 0.2) is 42.7 Å². The summed E-state index contributed by atoms with van der Waals surface area (Å²) in [6.07, 6.45) is 2.55. The van der Waals surface area contributed by atoms with E-state index in [9.17, 15) is 9.90 Å². The normalized spacial score (nSPS) is 12.2. The SMILES string of the molecule is CNC(O)c1cccc(-c2cncc(C(C)=O)c2)c1. The number of nitrogens with one attached hydrogen (secondary N) is 1. The predicted octanol–water partition coefficient (Wildman–Crippen LogP) is 2.16. The molecule has 2 aromatic rings. The molecule has 1 atom stereocenters. The fourth-order valence-corrected chi connectivity index (χ4v) is 1.85. The number of hydrogen-bond donors (Lipinski definition) is 2. The molecule has 0 saturated carbocycles. The van der Waals surface area contributed by atoms with Crippen LogP contribution < -0.4 is 5.32 Å². The van der Waals surface area contributed by atoms with Gasteiger partial charge in [-0.15, -0.1) is 0 Å². The zero-order valence-electron chi connectivity index (χ0n) is 10.9. The minimum atomic E-state index is -0.705. The Balaban J connectivity index is 2.41. The van der Waals surface area contributed by atoms with Crippen molar-refractivity contribution in [2.45, 2.75) is 13.2 Å². The van der Waals surface area contributed by atoms with Gasteiger partial charge in [-0.25, -0.2) is 0 Å². The second kappa shape index (κ2) is 5.73.